The normalized spacial score (nSPS) is 9.94. The van der Waals surface area contributed by atoms with Crippen LogP contribution in [0.4, 0.5) is 5.95 Å². The fourth-order valence-electron chi connectivity index (χ4n) is 2.83. The van der Waals surface area contributed by atoms with Crippen LogP contribution < -0.4 is 14.8 Å². The van der Waals surface area contributed by atoms with E-state index in [1.807, 2.05) is 31.4 Å². The van der Waals surface area contributed by atoms with Gasteiger partial charge in [0.2, 0.25) is 5.95 Å². The molecule has 1 aromatic heterocycles. The van der Waals surface area contributed by atoms with Crippen LogP contribution >= 0.6 is 0 Å². The fourth-order valence-corrected chi connectivity index (χ4v) is 2.83. The Bertz CT molecular complexity index is 1030. The average molecular weight is 427 g/mol. The monoisotopic (exact) mass is 427 g/mol. The molecule has 0 fully saturated rings. The minimum atomic E-state index is -1.82. The second-order valence-corrected chi connectivity index (χ2v) is 6.51. The standard InChI is InChI=1S/C20H23N3O2.C2H2O4/c1-14-8-10-15(11-9-14)17-13-22-20(23(17)2)21-12-16-6-5-7-18(24-3)19(16)25-4;3-1(4)2(5)6/h5-11,13H,12H2,1-4H3,(H,21,22);(H,3,4)(H,5,6). The van der Waals surface area contributed by atoms with Crippen LogP contribution in [0, 0.1) is 6.92 Å². The van der Waals surface area contributed by atoms with Crippen molar-refractivity contribution < 1.29 is 29.3 Å². The highest BCUT2D eigenvalue weighted by Gasteiger charge is 2.12. The minimum Gasteiger partial charge on any atom is -0.493 e. The molecular formula is C22H25N3O6. The van der Waals surface area contributed by atoms with Gasteiger partial charge in [-0.25, -0.2) is 14.6 Å². The Hall–Kier alpha value is -4.01. The van der Waals surface area contributed by atoms with Crippen molar-refractivity contribution in [3.8, 4) is 22.8 Å². The number of anilines is 1. The highest BCUT2D eigenvalue weighted by Crippen LogP contribution is 2.31. The van der Waals surface area contributed by atoms with E-state index in [-0.39, 0.29) is 0 Å². The fraction of sp³-hybridized carbons (Fsp3) is 0.227. The number of aliphatic carboxylic acids is 2. The Balaban J connectivity index is 0.000000501. The van der Waals surface area contributed by atoms with Crippen molar-refractivity contribution in [2.24, 2.45) is 7.05 Å². The molecule has 164 valence electrons. The van der Waals surface area contributed by atoms with E-state index in [4.69, 9.17) is 29.3 Å². The molecule has 0 spiro atoms. The van der Waals surface area contributed by atoms with Gasteiger partial charge in [-0.3, -0.25) is 0 Å². The molecule has 0 aliphatic rings. The van der Waals surface area contributed by atoms with E-state index in [9.17, 15) is 0 Å². The van der Waals surface area contributed by atoms with Crippen LogP contribution in [0.25, 0.3) is 11.3 Å². The smallest absolute Gasteiger partial charge is 0.414 e. The lowest BCUT2D eigenvalue weighted by molar-refractivity contribution is -0.159. The summed E-state index contributed by atoms with van der Waals surface area (Å²) < 4.78 is 12.9. The number of ether oxygens (including phenoxy) is 2. The number of aryl methyl sites for hydroxylation is 1. The zero-order chi connectivity index (χ0) is 23.0. The highest BCUT2D eigenvalue weighted by atomic mass is 16.5. The van der Waals surface area contributed by atoms with Gasteiger partial charge in [-0.2, -0.15) is 0 Å². The van der Waals surface area contributed by atoms with Gasteiger partial charge in [0.1, 0.15) is 0 Å². The van der Waals surface area contributed by atoms with Crippen LogP contribution in [0.2, 0.25) is 0 Å². The molecule has 9 nitrogen and oxygen atoms in total. The summed E-state index contributed by atoms with van der Waals surface area (Å²) in [5.41, 5.74) is 4.48. The Morgan fingerprint density at radius 3 is 2.23 bits per heavy atom. The molecule has 0 amide bonds. The van der Waals surface area contributed by atoms with E-state index >= 15 is 0 Å². The maximum Gasteiger partial charge on any atom is 0.414 e. The van der Waals surface area contributed by atoms with Gasteiger partial charge in [-0.15, -0.1) is 0 Å². The van der Waals surface area contributed by atoms with Crippen molar-refractivity contribution in [1.29, 1.82) is 0 Å². The molecular weight excluding hydrogens is 402 g/mol. The van der Waals surface area contributed by atoms with Gasteiger partial charge in [0.15, 0.2) is 11.5 Å². The maximum atomic E-state index is 9.10. The summed E-state index contributed by atoms with van der Waals surface area (Å²) in [6, 6.07) is 14.3. The lowest BCUT2D eigenvalue weighted by atomic mass is 10.1. The number of nitrogens with zero attached hydrogens (tertiary/aromatic N) is 2. The number of imidazole rings is 1. The van der Waals surface area contributed by atoms with E-state index in [2.05, 4.69) is 46.1 Å². The third-order valence-corrected chi connectivity index (χ3v) is 4.44. The summed E-state index contributed by atoms with van der Waals surface area (Å²) in [4.78, 5) is 22.7. The van der Waals surface area contributed by atoms with Crippen LogP contribution in [0.15, 0.2) is 48.7 Å². The van der Waals surface area contributed by atoms with E-state index in [0.717, 1.165) is 34.3 Å². The van der Waals surface area contributed by atoms with E-state index < -0.39 is 11.9 Å². The molecule has 0 aliphatic heterocycles. The SMILES string of the molecule is COc1cccc(CNc2ncc(-c3ccc(C)cc3)n2C)c1OC.O=C(O)C(=O)O. The van der Waals surface area contributed by atoms with Crippen molar-refractivity contribution in [2.45, 2.75) is 13.5 Å². The molecule has 1 heterocycles. The molecule has 0 bridgehead atoms. The summed E-state index contributed by atoms with van der Waals surface area (Å²) in [7, 11) is 5.30. The lowest BCUT2D eigenvalue weighted by Crippen LogP contribution is -2.09. The zero-order valence-electron chi connectivity index (χ0n) is 17.7. The number of rotatable bonds is 6. The summed E-state index contributed by atoms with van der Waals surface area (Å²) in [6.45, 7) is 2.68. The predicted molar refractivity (Wildman–Crippen MR) is 116 cm³/mol. The van der Waals surface area contributed by atoms with E-state index in [0.29, 0.717) is 6.54 Å². The van der Waals surface area contributed by atoms with E-state index in [1.165, 1.54) is 5.56 Å². The van der Waals surface area contributed by atoms with Crippen molar-refractivity contribution in [1.82, 2.24) is 9.55 Å². The number of carboxylic acids is 2. The number of hydrogen-bond donors (Lipinski definition) is 3. The summed E-state index contributed by atoms with van der Waals surface area (Å²) in [5.74, 6) is -1.38. The number of nitrogens with one attached hydrogen (secondary N) is 1. The average Bonchev–Trinajstić information content (AvgIpc) is 3.13. The molecule has 3 rings (SSSR count). The second-order valence-electron chi connectivity index (χ2n) is 6.51. The van der Waals surface area contributed by atoms with Gasteiger partial charge in [-0.05, 0) is 18.6 Å². The van der Waals surface area contributed by atoms with Gasteiger partial charge in [-0.1, -0.05) is 42.0 Å². The summed E-state index contributed by atoms with van der Waals surface area (Å²) >= 11 is 0. The van der Waals surface area contributed by atoms with Crippen LogP contribution in [0.3, 0.4) is 0 Å². The molecule has 3 N–H and O–H groups in total. The van der Waals surface area contributed by atoms with Crippen molar-refractivity contribution >= 4 is 17.9 Å². The van der Waals surface area contributed by atoms with Crippen molar-refractivity contribution in [2.75, 3.05) is 19.5 Å². The molecule has 0 aliphatic carbocycles. The molecule has 0 saturated carbocycles. The number of carbonyl (C=O) groups is 2. The van der Waals surface area contributed by atoms with Gasteiger partial charge in [0, 0.05) is 19.2 Å². The third kappa shape index (κ3) is 5.99. The van der Waals surface area contributed by atoms with Crippen LogP contribution in [0.1, 0.15) is 11.1 Å². The first kappa shape index (κ1) is 23.3. The first-order chi connectivity index (χ1) is 14.8. The highest BCUT2D eigenvalue weighted by molar-refractivity contribution is 6.27. The molecule has 0 atom stereocenters. The third-order valence-electron chi connectivity index (χ3n) is 4.44. The maximum absolute atomic E-state index is 9.10. The summed E-state index contributed by atoms with van der Waals surface area (Å²) in [6.07, 6.45) is 1.88. The minimum absolute atomic E-state index is 0.596. The molecule has 0 saturated heterocycles. The Morgan fingerprint density at radius 2 is 1.68 bits per heavy atom. The Kier molecular flexibility index (Phi) is 8.01. The van der Waals surface area contributed by atoms with Crippen LogP contribution in [-0.2, 0) is 23.2 Å². The Labute approximate surface area is 179 Å². The van der Waals surface area contributed by atoms with Crippen LogP contribution in [0.5, 0.6) is 11.5 Å². The predicted octanol–water partition coefficient (Wildman–Crippen LogP) is 3.18. The second kappa shape index (κ2) is 10.7. The first-order valence-corrected chi connectivity index (χ1v) is 9.27. The number of benzene rings is 2. The number of methoxy groups -OCH3 is 2. The quantitative estimate of drug-likeness (QED) is 0.513. The summed E-state index contributed by atoms with van der Waals surface area (Å²) in [5, 5.41) is 18.2. The molecule has 0 unspecified atom stereocenters. The van der Waals surface area contributed by atoms with Gasteiger partial charge >= 0.3 is 11.9 Å². The topological polar surface area (TPSA) is 123 Å². The largest absolute Gasteiger partial charge is 0.493 e. The molecule has 31 heavy (non-hydrogen) atoms. The number of carboxylic acid groups (broad SMARTS) is 2. The van der Waals surface area contributed by atoms with Crippen molar-refractivity contribution in [3.05, 3.63) is 59.8 Å². The zero-order valence-corrected chi connectivity index (χ0v) is 17.7. The molecule has 0 radical (unpaired) electrons. The number of para-hydroxylation sites is 1. The van der Waals surface area contributed by atoms with Crippen molar-refractivity contribution in [3.63, 3.8) is 0 Å². The molecule has 9 heteroatoms. The number of aromatic nitrogens is 2. The number of hydrogen-bond acceptors (Lipinski definition) is 6. The first-order valence-electron chi connectivity index (χ1n) is 9.27. The van der Waals surface area contributed by atoms with Gasteiger partial charge < -0.3 is 29.6 Å². The molecule has 3 aromatic rings. The lowest BCUT2D eigenvalue weighted by Gasteiger charge is -2.14. The van der Waals surface area contributed by atoms with Gasteiger partial charge in [0.25, 0.3) is 0 Å². The van der Waals surface area contributed by atoms with Gasteiger partial charge in [0.05, 0.1) is 26.1 Å². The Morgan fingerprint density at radius 1 is 1.03 bits per heavy atom. The van der Waals surface area contributed by atoms with E-state index in [1.54, 1.807) is 14.2 Å². The van der Waals surface area contributed by atoms with Crippen LogP contribution in [-0.4, -0.2) is 45.9 Å². The molecule has 2 aromatic carbocycles.